The van der Waals surface area contributed by atoms with Crippen LogP contribution in [0.1, 0.15) is 48.0 Å². The summed E-state index contributed by atoms with van der Waals surface area (Å²) >= 11 is 0. The zero-order valence-electron chi connectivity index (χ0n) is 13.1. The Morgan fingerprint density at radius 3 is 2.26 bits per heavy atom. The summed E-state index contributed by atoms with van der Waals surface area (Å²) in [7, 11) is 0. The highest BCUT2D eigenvalue weighted by Crippen LogP contribution is 2.11. The summed E-state index contributed by atoms with van der Waals surface area (Å²) in [5.74, 6) is -0.395. The molecule has 0 N–H and O–H groups in total. The Kier molecular flexibility index (Phi) is 7.95. The van der Waals surface area contributed by atoms with Gasteiger partial charge in [-0.15, -0.1) is 0 Å². The van der Waals surface area contributed by atoms with Crippen LogP contribution >= 0.6 is 0 Å². The minimum Gasteiger partial charge on any atom is -0.459 e. The lowest BCUT2D eigenvalue weighted by atomic mass is 10.2. The maximum Gasteiger partial charge on any atom is 0.333 e. The highest BCUT2D eigenvalue weighted by atomic mass is 16.6. The molecule has 0 aliphatic heterocycles. The molecule has 0 aliphatic carbocycles. The third-order valence-corrected chi connectivity index (χ3v) is 2.45. The van der Waals surface area contributed by atoms with Gasteiger partial charge in [0.2, 0.25) is 0 Å². The summed E-state index contributed by atoms with van der Waals surface area (Å²) in [5.41, 5.74) is 0.147. The molecular weight excluding hydrogens is 244 g/mol. The van der Waals surface area contributed by atoms with Crippen LogP contribution in [0.4, 0.5) is 0 Å². The van der Waals surface area contributed by atoms with E-state index >= 15 is 0 Å². The van der Waals surface area contributed by atoms with Crippen molar-refractivity contribution >= 4 is 5.97 Å². The van der Waals surface area contributed by atoms with Crippen LogP contribution in [0.3, 0.4) is 0 Å². The number of carbonyl (C=O) groups excluding carboxylic acids is 1. The molecule has 112 valence electrons. The van der Waals surface area contributed by atoms with Crippen LogP contribution < -0.4 is 0 Å². The monoisotopic (exact) mass is 272 g/mol. The zero-order chi connectivity index (χ0) is 15.1. The molecule has 0 aliphatic rings. The Morgan fingerprint density at radius 1 is 1.26 bits per heavy atom. The smallest absolute Gasteiger partial charge is 0.333 e. The first-order valence-corrected chi connectivity index (χ1v) is 6.77. The van der Waals surface area contributed by atoms with Crippen molar-refractivity contribution in [3.63, 3.8) is 0 Å². The Balaban J connectivity index is 4.33. The molecule has 0 amide bonds. The van der Waals surface area contributed by atoms with Gasteiger partial charge in [0.05, 0.1) is 18.3 Å². The van der Waals surface area contributed by atoms with Crippen LogP contribution in [-0.2, 0) is 19.0 Å². The molecule has 0 fully saturated rings. The number of esters is 1. The van der Waals surface area contributed by atoms with Crippen molar-refractivity contribution in [3.05, 3.63) is 12.2 Å². The zero-order valence-corrected chi connectivity index (χ0v) is 13.1. The summed E-state index contributed by atoms with van der Waals surface area (Å²) in [6.07, 6.45) is 0.759. The first-order valence-electron chi connectivity index (χ1n) is 6.77. The van der Waals surface area contributed by atoms with Gasteiger partial charge in [-0.3, -0.25) is 0 Å². The van der Waals surface area contributed by atoms with Crippen molar-refractivity contribution in [3.8, 4) is 0 Å². The number of hydrogen-bond donors (Lipinski definition) is 0. The van der Waals surface area contributed by atoms with Gasteiger partial charge in [-0.05, 0) is 41.0 Å². The Hall–Kier alpha value is -0.870. The second-order valence-corrected chi connectivity index (χ2v) is 5.78. The molecule has 0 aromatic heterocycles. The van der Waals surface area contributed by atoms with Gasteiger partial charge in [0, 0.05) is 5.57 Å². The van der Waals surface area contributed by atoms with E-state index in [1.165, 1.54) is 0 Å². The molecule has 0 rings (SSSR count). The van der Waals surface area contributed by atoms with E-state index in [0.29, 0.717) is 12.2 Å². The van der Waals surface area contributed by atoms with E-state index < -0.39 is 5.97 Å². The second kappa shape index (κ2) is 8.33. The molecule has 2 unspecified atom stereocenters. The first kappa shape index (κ1) is 18.1. The average molecular weight is 272 g/mol. The minimum absolute atomic E-state index is 0.108. The van der Waals surface area contributed by atoms with E-state index in [2.05, 4.69) is 6.58 Å². The molecule has 4 nitrogen and oxygen atoms in total. The fourth-order valence-corrected chi connectivity index (χ4v) is 1.19. The number of hydrogen-bond acceptors (Lipinski definition) is 4. The SMILES string of the molecule is C=C(C)C(=O)OCC(COC(C)(C)C)OC(C)CC. The summed E-state index contributed by atoms with van der Waals surface area (Å²) < 4.78 is 16.6. The minimum atomic E-state index is -0.395. The van der Waals surface area contributed by atoms with Gasteiger partial charge in [0.15, 0.2) is 0 Å². The van der Waals surface area contributed by atoms with Gasteiger partial charge < -0.3 is 14.2 Å². The average Bonchev–Trinajstić information content (AvgIpc) is 2.30. The number of rotatable bonds is 8. The van der Waals surface area contributed by atoms with Crippen LogP contribution in [0.5, 0.6) is 0 Å². The van der Waals surface area contributed by atoms with Crippen molar-refractivity contribution in [2.45, 2.75) is 65.8 Å². The van der Waals surface area contributed by atoms with Gasteiger partial charge in [-0.2, -0.15) is 0 Å². The molecule has 0 spiro atoms. The van der Waals surface area contributed by atoms with Crippen LogP contribution in [0.25, 0.3) is 0 Å². The standard InChI is InChI=1S/C15H28O4/c1-8-12(4)19-13(10-18-15(5,6)7)9-17-14(16)11(2)3/h12-13H,2,8-10H2,1,3-7H3. The topological polar surface area (TPSA) is 44.8 Å². The maximum absolute atomic E-state index is 11.4. The van der Waals surface area contributed by atoms with Crippen molar-refractivity contribution in [1.82, 2.24) is 0 Å². The fourth-order valence-electron chi connectivity index (χ4n) is 1.19. The lowest BCUT2D eigenvalue weighted by Gasteiger charge is -2.26. The van der Waals surface area contributed by atoms with E-state index in [-0.39, 0.29) is 24.4 Å². The Bertz CT molecular complexity index is 291. The molecule has 0 radical (unpaired) electrons. The number of ether oxygens (including phenoxy) is 3. The third kappa shape index (κ3) is 9.68. The lowest BCUT2D eigenvalue weighted by molar-refractivity contribution is -0.151. The number of carbonyl (C=O) groups is 1. The third-order valence-electron chi connectivity index (χ3n) is 2.45. The summed E-state index contributed by atoms with van der Waals surface area (Å²) in [5, 5.41) is 0. The van der Waals surface area contributed by atoms with Gasteiger partial charge in [-0.1, -0.05) is 13.5 Å². The van der Waals surface area contributed by atoms with Crippen LogP contribution in [0, 0.1) is 0 Å². The quantitative estimate of drug-likeness (QED) is 0.503. The van der Waals surface area contributed by atoms with E-state index in [0.717, 1.165) is 6.42 Å². The molecule has 0 saturated heterocycles. The van der Waals surface area contributed by atoms with Crippen molar-refractivity contribution < 1.29 is 19.0 Å². The molecular formula is C15H28O4. The highest BCUT2D eigenvalue weighted by Gasteiger charge is 2.19. The van der Waals surface area contributed by atoms with Crippen molar-refractivity contribution in [1.29, 1.82) is 0 Å². The largest absolute Gasteiger partial charge is 0.459 e. The summed E-state index contributed by atoms with van der Waals surface area (Å²) in [6.45, 7) is 15.7. The summed E-state index contributed by atoms with van der Waals surface area (Å²) in [6, 6.07) is 0. The molecule has 19 heavy (non-hydrogen) atoms. The normalized spacial score (nSPS) is 14.8. The first-order chi connectivity index (χ1) is 8.65. The molecule has 0 saturated carbocycles. The van der Waals surface area contributed by atoms with Gasteiger partial charge >= 0.3 is 5.97 Å². The Morgan fingerprint density at radius 2 is 1.84 bits per heavy atom. The van der Waals surface area contributed by atoms with Gasteiger partial charge in [-0.25, -0.2) is 4.79 Å². The van der Waals surface area contributed by atoms with E-state index in [4.69, 9.17) is 14.2 Å². The van der Waals surface area contributed by atoms with Crippen LogP contribution in [-0.4, -0.2) is 37.0 Å². The molecule has 4 heteroatoms. The molecule has 0 bridgehead atoms. The van der Waals surface area contributed by atoms with E-state index in [1.807, 2.05) is 34.6 Å². The van der Waals surface area contributed by atoms with E-state index in [9.17, 15) is 4.79 Å². The maximum atomic E-state index is 11.4. The highest BCUT2D eigenvalue weighted by molar-refractivity contribution is 5.86. The lowest BCUT2D eigenvalue weighted by Crippen LogP contribution is -2.34. The fraction of sp³-hybridized carbons (Fsp3) is 0.800. The van der Waals surface area contributed by atoms with E-state index in [1.54, 1.807) is 6.92 Å². The molecule has 0 aromatic rings. The molecule has 0 aromatic carbocycles. The predicted octanol–water partition coefficient (Wildman–Crippen LogP) is 3.10. The van der Waals surface area contributed by atoms with Gasteiger partial charge in [0.25, 0.3) is 0 Å². The second-order valence-electron chi connectivity index (χ2n) is 5.78. The predicted molar refractivity (Wildman–Crippen MR) is 76.1 cm³/mol. The molecule has 2 atom stereocenters. The van der Waals surface area contributed by atoms with Crippen LogP contribution in [0.2, 0.25) is 0 Å². The van der Waals surface area contributed by atoms with Gasteiger partial charge in [0.1, 0.15) is 12.7 Å². The van der Waals surface area contributed by atoms with Crippen molar-refractivity contribution in [2.24, 2.45) is 0 Å². The molecule has 0 heterocycles. The Labute approximate surface area is 117 Å². The van der Waals surface area contributed by atoms with Crippen LogP contribution in [0.15, 0.2) is 12.2 Å². The van der Waals surface area contributed by atoms with Crippen molar-refractivity contribution in [2.75, 3.05) is 13.2 Å². The summed E-state index contributed by atoms with van der Waals surface area (Å²) in [4.78, 5) is 11.4.